The highest BCUT2D eigenvalue weighted by atomic mass is 32.2. The smallest absolute Gasteiger partial charge is 0.243 e. The molecule has 1 aromatic rings. The standard InChI is InChI=1S/C16H24N2O2S/c1-4-10-18(5-2)21(19,20)16-9-6-13(3)14(11-16)12-17-15-7-8-15/h4,6,9,11,15,17H,1,5,7-8,10,12H2,2-3H3. The van der Waals surface area contributed by atoms with E-state index in [-0.39, 0.29) is 0 Å². The maximum atomic E-state index is 12.6. The topological polar surface area (TPSA) is 49.4 Å². The molecule has 0 bridgehead atoms. The minimum Gasteiger partial charge on any atom is -0.310 e. The van der Waals surface area contributed by atoms with Gasteiger partial charge in [-0.1, -0.05) is 19.1 Å². The van der Waals surface area contributed by atoms with Crippen LogP contribution in [0.5, 0.6) is 0 Å². The van der Waals surface area contributed by atoms with Gasteiger partial charge in [-0.25, -0.2) is 8.42 Å². The number of rotatable bonds is 8. The van der Waals surface area contributed by atoms with Gasteiger partial charge in [0.25, 0.3) is 0 Å². The van der Waals surface area contributed by atoms with Crippen LogP contribution in [-0.2, 0) is 16.6 Å². The molecule has 0 aliphatic heterocycles. The molecule has 0 saturated heterocycles. The van der Waals surface area contributed by atoms with Crippen molar-refractivity contribution in [3.8, 4) is 0 Å². The largest absolute Gasteiger partial charge is 0.310 e. The zero-order chi connectivity index (χ0) is 15.5. The van der Waals surface area contributed by atoms with Gasteiger partial charge in [0.05, 0.1) is 4.90 Å². The fraction of sp³-hybridized carbons (Fsp3) is 0.500. The van der Waals surface area contributed by atoms with Gasteiger partial charge in [0, 0.05) is 25.7 Å². The molecule has 1 saturated carbocycles. The number of aryl methyl sites for hydroxylation is 1. The van der Waals surface area contributed by atoms with Crippen molar-refractivity contribution in [1.29, 1.82) is 0 Å². The SMILES string of the molecule is C=CCN(CC)S(=O)(=O)c1ccc(C)c(CNC2CC2)c1. The summed E-state index contributed by atoms with van der Waals surface area (Å²) in [7, 11) is -3.44. The summed E-state index contributed by atoms with van der Waals surface area (Å²) in [6.07, 6.45) is 4.06. The highest BCUT2D eigenvalue weighted by Crippen LogP contribution is 2.22. The predicted octanol–water partition coefficient (Wildman–Crippen LogP) is 2.44. The Morgan fingerprint density at radius 2 is 2.14 bits per heavy atom. The first-order chi connectivity index (χ1) is 9.98. The molecular formula is C16H24N2O2S. The summed E-state index contributed by atoms with van der Waals surface area (Å²) in [6.45, 7) is 8.99. The fourth-order valence-electron chi connectivity index (χ4n) is 2.23. The summed E-state index contributed by atoms with van der Waals surface area (Å²) < 4.78 is 26.7. The van der Waals surface area contributed by atoms with Crippen molar-refractivity contribution in [2.24, 2.45) is 0 Å². The zero-order valence-electron chi connectivity index (χ0n) is 12.8. The van der Waals surface area contributed by atoms with E-state index in [1.807, 2.05) is 19.9 Å². The Kier molecular flexibility index (Phi) is 5.19. The average Bonchev–Trinajstić information content (AvgIpc) is 3.27. The minimum absolute atomic E-state index is 0.336. The monoisotopic (exact) mass is 308 g/mol. The second-order valence-corrected chi connectivity index (χ2v) is 7.43. The molecule has 5 heteroatoms. The van der Waals surface area contributed by atoms with Crippen molar-refractivity contribution in [3.63, 3.8) is 0 Å². The Morgan fingerprint density at radius 1 is 1.43 bits per heavy atom. The molecule has 1 aromatic carbocycles. The van der Waals surface area contributed by atoms with E-state index >= 15 is 0 Å². The molecule has 1 N–H and O–H groups in total. The minimum atomic E-state index is -3.44. The van der Waals surface area contributed by atoms with Gasteiger partial charge in [-0.05, 0) is 43.0 Å². The second kappa shape index (κ2) is 6.73. The van der Waals surface area contributed by atoms with E-state index in [9.17, 15) is 8.42 Å². The summed E-state index contributed by atoms with van der Waals surface area (Å²) in [5.74, 6) is 0. The highest BCUT2D eigenvalue weighted by molar-refractivity contribution is 7.89. The lowest BCUT2D eigenvalue weighted by Crippen LogP contribution is -2.31. The van der Waals surface area contributed by atoms with Crippen LogP contribution in [0.3, 0.4) is 0 Å². The summed E-state index contributed by atoms with van der Waals surface area (Å²) in [5, 5.41) is 3.44. The van der Waals surface area contributed by atoms with Gasteiger partial charge in [0.15, 0.2) is 0 Å². The van der Waals surface area contributed by atoms with Crippen LogP contribution in [0.25, 0.3) is 0 Å². The molecule has 1 aliphatic rings. The lowest BCUT2D eigenvalue weighted by atomic mass is 10.1. The van der Waals surface area contributed by atoms with Crippen LogP contribution in [-0.4, -0.2) is 31.9 Å². The lowest BCUT2D eigenvalue weighted by molar-refractivity contribution is 0.459. The first-order valence-electron chi connectivity index (χ1n) is 7.43. The Bertz CT molecular complexity index is 607. The van der Waals surface area contributed by atoms with E-state index in [1.54, 1.807) is 18.2 Å². The Balaban J connectivity index is 2.25. The number of hydrogen-bond donors (Lipinski definition) is 1. The number of benzene rings is 1. The lowest BCUT2D eigenvalue weighted by Gasteiger charge is -2.19. The predicted molar refractivity (Wildman–Crippen MR) is 85.7 cm³/mol. The van der Waals surface area contributed by atoms with Gasteiger partial charge in [-0.2, -0.15) is 4.31 Å². The average molecular weight is 308 g/mol. The Labute approximate surface area is 127 Å². The first kappa shape index (κ1) is 16.2. The molecule has 116 valence electrons. The first-order valence-corrected chi connectivity index (χ1v) is 8.87. The van der Waals surface area contributed by atoms with E-state index in [4.69, 9.17) is 0 Å². The van der Waals surface area contributed by atoms with Crippen LogP contribution in [0.4, 0.5) is 0 Å². The van der Waals surface area contributed by atoms with Crippen LogP contribution >= 0.6 is 0 Å². The van der Waals surface area contributed by atoms with E-state index in [1.165, 1.54) is 17.1 Å². The van der Waals surface area contributed by atoms with Gasteiger partial charge in [-0.15, -0.1) is 6.58 Å². The van der Waals surface area contributed by atoms with Crippen LogP contribution in [0.15, 0.2) is 35.7 Å². The van der Waals surface area contributed by atoms with Crippen LogP contribution < -0.4 is 5.32 Å². The molecule has 0 aromatic heterocycles. The third-order valence-electron chi connectivity index (χ3n) is 3.80. The number of likely N-dealkylation sites (N-methyl/N-ethyl adjacent to an activating group) is 1. The van der Waals surface area contributed by atoms with E-state index in [2.05, 4.69) is 11.9 Å². The third-order valence-corrected chi connectivity index (χ3v) is 5.74. The van der Waals surface area contributed by atoms with Crippen molar-refractivity contribution in [1.82, 2.24) is 9.62 Å². The Hall–Kier alpha value is -1.17. The molecule has 0 amide bonds. The molecule has 4 nitrogen and oxygen atoms in total. The van der Waals surface area contributed by atoms with Crippen LogP contribution in [0.1, 0.15) is 30.9 Å². The maximum Gasteiger partial charge on any atom is 0.243 e. The summed E-state index contributed by atoms with van der Waals surface area (Å²) in [5.41, 5.74) is 2.17. The maximum absolute atomic E-state index is 12.6. The molecule has 2 rings (SSSR count). The molecule has 0 heterocycles. The van der Waals surface area contributed by atoms with E-state index in [0.717, 1.165) is 17.7 Å². The molecule has 1 fully saturated rings. The molecule has 0 spiro atoms. The highest BCUT2D eigenvalue weighted by Gasteiger charge is 2.23. The van der Waals surface area contributed by atoms with Crippen molar-refractivity contribution in [3.05, 3.63) is 42.0 Å². The van der Waals surface area contributed by atoms with Gasteiger partial charge < -0.3 is 5.32 Å². The quantitative estimate of drug-likeness (QED) is 0.751. The van der Waals surface area contributed by atoms with Gasteiger partial charge in [0.2, 0.25) is 10.0 Å². The van der Waals surface area contributed by atoms with Crippen LogP contribution in [0.2, 0.25) is 0 Å². The summed E-state index contributed by atoms with van der Waals surface area (Å²) in [4.78, 5) is 0.365. The van der Waals surface area contributed by atoms with E-state index < -0.39 is 10.0 Å². The van der Waals surface area contributed by atoms with Gasteiger partial charge in [-0.3, -0.25) is 0 Å². The van der Waals surface area contributed by atoms with E-state index in [0.29, 0.717) is 24.0 Å². The van der Waals surface area contributed by atoms with Crippen molar-refractivity contribution in [2.75, 3.05) is 13.1 Å². The van der Waals surface area contributed by atoms with Gasteiger partial charge >= 0.3 is 0 Å². The second-order valence-electron chi connectivity index (χ2n) is 5.49. The molecule has 1 aliphatic carbocycles. The third kappa shape index (κ3) is 3.93. The molecule has 0 atom stereocenters. The van der Waals surface area contributed by atoms with Crippen molar-refractivity contribution in [2.45, 2.75) is 44.2 Å². The van der Waals surface area contributed by atoms with Crippen molar-refractivity contribution >= 4 is 10.0 Å². The molecule has 0 unspecified atom stereocenters. The molecular weight excluding hydrogens is 284 g/mol. The zero-order valence-corrected chi connectivity index (χ0v) is 13.6. The van der Waals surface area contributed by atoms with Gasteiger partial charge in [0.1, 0.15) is 0 Å². The number of nitrogens with one attached hydrogen (secondary N) is 1. The Morgan fingerprint density at radius 3 is 2.71 bits per heavy atom. The van der Waals surface area contributed by atoms with Crippen molar-refractivity contribution < 1.29 is 8.42 Å². The number of nitrogens with zero attached hydrogens (tertiary/aromatic N) is 1. The number of hydrogen-bond acceptors (Lipinski definition) is 3. The number of sulfonamides is 1. The molecule has 0 radical (unpaired) electrons. The summed E-state index contributed by atoms with van der Waals surface area (Å²) in [6, 6.07) is 5.99. The molecule has 21 heavy (non-hydrogen) atoms. The van der Waals surface area contributed by atoms with Crippen LogP contribution in [0, 0.1) is 6.92 Å². The normalized spacial score (nSPS) is 15.4. The fourth-order valence-corrected chi connectivity index (χ4v) is 3.70. The summed E-state index contributed by atoms with van der Waals surface area (Å²) >= 11 is 0.